The van der Waals surface area contributed by atoms with Crippen molar-refractivity contribution in [3.8, 4) is 0 Å². The Balaban J connectivity index is 2.14. The predicted molar refractivity (Wildman–Crippen MR) is 84.0 cm³/mol. The summed E-state index contributed by atoms with van der Waals surface area (Å²) in [6, 6.07) is 16.8. The van der Waals surface area contributed by atoms with Crippen LogP contribution in [-0.2, 0) is 11.8 Å². The van der Waals surface area contributed by atoms with Gasteiger partial charge in [-0.2, -0.15) is 0 Å². The Labute approximate surface area is 121 Å². The van der Waals surface area contributed by atoms with Crippen LogP contribution in [0.25, 0.3) is 0 Å². The fourth-order valence-electron chi connectivity index (χ4n) is 2.62. The molecule has 0 radical (unpaired) electrons. The second-order valence-corrected chi connectivity index (χ2v) is 6.20. The van der Waals surface area contributed by atoms with Gasteiger partial charge < -0.3 is 0 Å². The molecule has 0 atom stereocenters. The zero-order valence-electron chi connectivity index (χ0n) is 11.9. The molecule has 0 aliphatic carbocycles. The highest BCUT2D eigenvalue weighted by Gasteiger charge is 2.22. The molecule has 2 aromatic rings. The molecule has 0 N–H and O–H groups in total. The van der Waals surface area contributed by atoms with Gasteiger partial charge in [0.2, 0.25) is 0 Å². The van der Waals surface area contributed by atoms with Crippen LogP contribution in [0.2, 0.25) is 5.02 Å². The minimum absolute atomic E-state index is 0.171. The zero-order chi connectivity index (χ0) is 13.9. The van der Waals surface area contributed by atoms with E-state index in [0.29, 0.717) is 0 Å². The van der Waals surface area contributed by atoms with Crippen molar-refractivity contribution in [2.45, 2.75) is 39.0 Å². The van der Waals surface area contributed by atoms with E-state index in [1.807, 2.05) is 12.1 Å². The van der Waals surface area contributed by atoms with Crippen LogP contribution >= 0.6 is 11.6 Å². The SMILES string of the molecule is Cc1ccccc1C(C)(C)CCc1ccccc1Cl. The summed E-state index contributed by atoms with van der Waals surface area (Å²) in [6.07, 6.45) is 2.11. The Bertz CT molecular complexity index is 555. The molecular formula is C18H21Cl. The quantitative estimate of drug-likeness (QED) is 0.684. The van der Waals surface area contributed by atoms with E-state index < -0.39 is 0 Å². The van der Waals surface area contributed by atoms with Crippen LogP contribution in [0.3, 0.4) is 0 Å². The predicted octanol–water partition coefficient (Wildman–Crippen LogP) is 5.56. The van der Waals surface area contributed by atoms with Crippen LogP contribution in [-0.4, -0.2) is 0 Å². The molecule has 0 heterocycles. The van der Waals surface area contributed by atoms with Gasteiger partial charge >= 0.3 is 0 Å². The van der Waals surface area contributed by atoms with Crippen molar-refractivity contribution in [3.63, 3.8) is 0 Å². The van der Waals surface area contributed by atoms with Crippen LogP contribution in [0.1, 0.15) is 37.0 Å². The van der Waals surface area contributed by atoms with E-state index in [2.05, 4.69) is 57.2 Å². The number of hydrogen-bond donors (Lipinski definition) is 0. The summed E-state index contributed by atoms with van der Waals surface area (Å²) < 4.78 is 0. The van der Waals surface area contributed by atoms with Crippen molar-refractivity contribution in [2.75, 3.05) is 0 Å². The molecule has 19 heavy (non-hydrogen) atoms. The Morgan fingerprint density at radius 3 is 2.26 bits per heavy atom. The van der Waals surface area contributed by atoms with Gasteiger partial charge in [-0.3, -0.25) is 0 Å². The molecule has 2 aromatic carbocycles. The maximum atomic E-state index is 6.23. The molecule has 0 amide bonds. The van der Waals surface area contributed by atoms with E-state index in [-0.39, 0.29) is 5.41 Å². The largest absolute Gasteiger partial charge is 0.0840 e. The Hall–Kier alpha value is -1.27. The van der Waals surface area contributed by atoms with E-state index in [0.717, 1.165) is 17.9 Å². The first-order chi connectivity index (χ1) is 9.00. The summed E-state index contributed by atoms with van der Waals surface area (Å²) in [5.41, 5.74) is 4.21. The second-order valence-electron chi connectivity index (χ2n) is 5.79. The van der Waals surface area contributed by atoms with E-state index in [4.69, 9.17) is 11.6 Å². The summed E-state index contributed by atoms with van der Waals surface area (Å²) in [4.78, 5) is 0. The number of hydrogen-bond acceptors (Lipinski definition) is 0. The van der Waals surface area contributed by atoms with Gasteiger partial charge in [0.05, 0.1) is 0 Å². The lowest BCUT2D eigenvalue weighted by Gasteiger charge is -2.27. The highest BCUT2D eigenvalue weighted by atomic mass is 35.5. The monoisotopic (exact) mass is 272 g/mol. The standard InChI is InChI=1S/C18H21Cl/c1-14-8-4-6-10-16(14)18(2,3)13-12-15-9-5-7-11-17(15)19/h4-11H,12-13H2,1-3H3. The fourth-order valence-corrected chi connectivity index (χ4v) is 2.85. The van der Waals surface area contributed by atoms with Crippen LogP contribution in [0.5, 0.6) is 0 Å². The van der Waals surface area contributed by atoms with Gasteiger partial charge in [0.15, 0.2) is 0 Å². The van der Waals surface area contributed by atoms with Crippen molar-refractivity contribution >= 4 is 11.6 Å². The number of rotatable bonds is 4. The van der Waals surface area contributed by atoms with Crippen LogP contribution in [0.4, 0.5) is 0 Å². The number of benzene rings is 2. The summed E-state index contributed by atoms with van der Waals surface area (Å²) >= 11 is 6.23. The van der Waals surface area contributed by atoms with E-state index in [1.165, 1.54) is 16.7 Å². The molecular weight excluding hydrogens is 252 g/mol. The maximum Gasteiger partial charge on any atom is 0.0437 e. The van der Waals surface area contributed by atoms with Gasteiger partial charge in [0.25, 0.3) is 0 Å². The molecule has 0 aliphatic rings. The first kappa shape index (κ1) is 14.1. The molecule has 100 valence electrons. The maximum absolute atomic E-state index is 6.23. The lowest BCUT2D eigenvalue weighted by atomic mass is 9.78. The first-order valence-corrected chi connectivity index (χ1v) is 7.18. The highest BCUT2D eigenvalue weighted by molar-refractivity contribution is 6.31. The Morgan fingerprint density at radius 1 is 0.947 bits per heavy atom. The van der Waals surface area contributed by atoms with Gasteiger partial charge in [-0.25, -0.2) is 0 Å². The summed E-state index contributed by atoms with van der Waals surface area (Å²) in [5.74, 6) is 0. The average Bonchev–Trinajstić information content (AvgIpc) is 2.38. The lowest BCUT2D eigenvalue weighted by molar-refractivity contribution is 0.477. The van der Waals surface area contributed by atoms with Gasteiger partial charge in [-0.15, -0.1) is 0 Å². The summed E-state index contributed by atoms with van der Waals surface area (Å²) in [6.45, 7) is 6.81. The number of aryl methyl sites for hydroxylation is 2. The molecule has 0 aliphatic heterocycles. The van der Waals surface area contributed by atoms with Crippen LogP contribution in [0, 0.1) is 6.92 Å². The third-order valence-electron chi connectivity index (χ3n) is 3.85. The van der Waals surface area contributed by atoms with E-state index >= 15 is 0 Å². The van der Waals surface area contributed by atoms with Gasteiger partial charge in [-0.1, -0.05) is 67.9 Å². The van der Waals surface area contributed by atoms with E-state index in [9.17, 15) is 0 Å². The first-order valence-electron chi connectivity index (χ1n) is 6.80. The van der Waals surface area contributed by atoms with Crippen molar-refractivity contribution in [2.24, 2.45) is 0 Å². The molecule has 0 saturated heterocycles. The van der Waals surface area contributed by atoms with Gasteiger partial charge in [0.1, 0.15) is 0 Å². The fraction of sp³-hybridized carbons (Fsp3) is 0.333. The topological polar surface area (TPSA) is 0 Å². The van der Waals surface area contributed by atoms with Crippen molar-refractivity contribution in [1.29, 1.82) is 0 Å². The Kier molecular flexibility index (Phi) is 4.31. The smallest absolute Gasteiger partial charge is 0.0437 e. The summed E-state index contributed by atoms with van der Waals surface area (Å²) in [7, 11) is 0. The average molecular weight is 273 g/mol. The van der Waals surface area contributed by atoms with Crippen LogP contribution in [0.15, 0.2) is 48.5 Å². The minimum Gasteiger partial charge on any atom is -0.0840 e. The molecule has 0 spiro atoms. The Morgan fingerprint density at radius 2 is 1.58 bits per heavy atom. The van der Waals surface area contributed by atoms with Crippen molar-refractivity contribution in [3.05, 3.63) is 70.2 Å². The van der Waals surface area contributed by atoms with E-state index in [1.54, 1.807) is 0 Å². The lowest BCUT2D eigenvalue weighted by Crippen LogP contribution is -2.19. The third kappa shape index (κ3) is 3.39. The third-order valence-corrected chi connectivity index (χ3v) is 4.22. The van der Waals surface area contributed by atoms with Crippen LogP contribution < -0.4 is 0 Å². The molecule has 0 nitrogen and oxygen atoms in total. The molecule has 0 aromatic heterocycles. The number of halogens is 1. The summed E-state index contributed by atoms with van der Waals surface area (Å²) in [5, 5.41) is 0.878. The molecule has 2 rings (SSSR count). The molecule has 0 unspecified atom stereocenters. The highest BCUT2D eigenvalue weighted by Crippen LogP contribution is 2.31. The van der Waals surface area contributed by atoms with Gasteiger partial charge in [-0.05, 0) is 47.9 Å². The zero-order valence-corrected chi connectivity index (χ0v) is 12.7. The van der Waals surface area contributed by atoms with Gasteiger partial charge in [0, 0.05) is 5.02 Å². The molecule has 0 bridgehead atoms. The molecule has 0 saturated carbocycles. The molecule has 1 heteroatoms. The molecule has 0 fully saturated rings. The van der Waals surface area contributed by atoms with Crippen molar-refractivity contribution < 1.29 is 0 Å². The second kappa shape index (κ2) is 5.79. The minimum atomic E-state index is 0.171. The normalized spacial score (nSPS) is 11.6. The van der Waals surface area contributed by atoms with Crippen molar-refractivity contribution in [1.82, 2.24) is 0 Å².